The van der Waals surface area contributed by atoms with Gasteiger partial charge in [0.05, 0.1) is 0 Å². The molecule has 2 heterocycles. The van der Waals surface area contributed by atoms with Gasteiger partial charge in [0.1, 0.15) is 0 Å². The molecule has 0 unspecified atom stereocenters. The minimum Gasteiger partial charge on any atom is -0.384 e. The Kier molecular flexibility index (Phi) is 4.62. The Morgan fingerprint density at radius 3 is 2.50 bits per heavy atom. The van der Waals surface area contributed by atoms with Gasteiger partial charge in [0.15, 0.2) is 0 Å². The van der Waals surface area contributed by atoms with Crippen LogP contribution >= 0.6 is 0 Å². The first-order valence-corrected chi connectivity index (χ1v) is 7.15. The number of nitrogens with one attached hydrogen (secondary N) is 1. The zero-order valence-corrected chi connectivity index (χ0v) is 11.7. The first-order valence-electron chi connectivity index (χ1n) is 7.15. The number of carbonyl (C=O) groups is 1. The lowest BCUT2D eigenvalue weighted by molar-refractivity contribution is -0.144. The molecule has 2 aliphatic heterocycles. The predicted molar refractivity (Wildman–Crippen MR) is 71.4 cm³/mol. The van der Waals surface area contributed by atoms with E-state index in [0.717, 1.165) is 58.5 Å². The number of hydrogen-bond acceptors (Lipinski definition) is 3. The zero-order chi connectivity index (χ0) is 13.0. The summed E-state index contributed by atoms with van der Waals surface area (Å²) in [6.07, 6.45) is 4.13. The highest BCUT2D eigenvalue weighted by Gasteiger charge is 2.38. The van der Waals surface area contributed by atoms with Gasteiger partial charge in [-0.3, -0.25) is 4.79 Å². The average Bonchev–Trinajstić information content (AvgIpc) is 2.40. The zero-order valence-electron chi connectivity index (χ0n) is 11.7. The van der Waals surface area contributed by atoms with E-state index in [4.69, 9.17) is 4.74 Å². The van der Waals surface area contributed by atoms with Gasteiger partial charge < -0.3 is 15.0 Å². The van der Waals surface area contributed by atoms with Gasteiger partial charge in [0.2, 0.25) is 5.91 Å². The highest BCUT2D eigenvalue weighted by molar-refractivity contribution is 5.82. The number of hydrogen-bond donors (Lipinski definition) is 1. The van der Waals surface area contributed by atoms with Gasteiger partial charge in [-0.1, -0.05) is 6.92 Å². The monoisotopic (exact) mass is 254 g/mol. The topological polar surface area (TPSA) is 41.6 Å². The fourth-order valence-corrected chi connectivity index (χ4v) is 3.11. The molecule has 0 spiro atoms. The van der Waals surface area contributed by atoms with Crippen molar-refractivity contribution < 1.29 is 9.53 Å². The molecule has 4 nitrogen and oxygen atoms in total. The van der Waals surface area contributed by atoms with Crippen LogP contribution in [0.4, 0.5) is 0 Å². The third-order valence-corrected chi connectivity index (χ3v) is 4.53. The van der Waals surface area contributed by atoms with Gasteiger partial charge in [-0.15, -0.1) is 0 Å². The van der Waals surface area contributed by atoms with Crippen molar-refractivity contribution in [2.45, 2.75) is 32.6 Å². The van der Waals surface area contributed by atoms with Crippen molar-refractivity contribution in [3.05, 3.63) is 0 Å². The Bertz CT molecular complexity index is 280. The summed E-state index contributed by atoms with van der Waals surface area (Å²) in [5.41, 5.74) is -0.126. The van der Waals surface area contributed by atoms with Crippen molar-refractivity contribution in [2.75, 3.05) is 39.9 Å². The Balaban J connectivity index is 1.86. The first kappa shape index (κ1) is 13.8. The summed E-state index contributed by atoms with van der Waals surface area (Å²) in [5.74, 6) is 1.01. The highest BCUT2D eigenvalue weighted by atomic mass is 16.5. The highest BCUT2D eigenvalue weighted by Crippen LogP contribution is 2.32. The predicted octanol–water partition coefficient (Wildman–Crippen LogP) is 1.26. The molecule has 0 atom stereocenters. The second kappa shape index (κ2) is 6.02. The number of amides is 1. The van der Waals surface area contributed by atoms with Crippen LogP contribution in [0.3, 0.4) is 0 Å². The van der Waals surface area contributed by atoms with Crippen molar-refractivity contribution >= 4 is 5.91 Å². The molecule has 4 heteroatoms. The maximum Gasteiger partial charge on any atom is 0.228 e. The molecule has 2 fully saturated rings. The fourth-order valence-electron chi connectivity index (χ4n) is 3.11. The Morgan fingerprint density at radius 2 is 1.94 bits per heavy atom. The number of methoxy groups -OCH3 is 1. The van der Waals surface area contributed by atoms with Crippen LogP contribution in [0.15, 0.2) is 0 Å². The van der Waals surface area contributed by atoms with E-state index in [0.29, 0.717) is 11.8 Å². The van der Waals surface area contributed by atoms with Gasteiger partial charge in [-0.05, 0) is 44.7 Å². The van der Waals surface area contributed by atoms with Crippen LogP contribution in [0.25, 0.3) is 0 Å². The van der Waals surface area contributed by atoms with E-state index < -0.39 is 0 Å². The molecular formula is C14H26N2O2. The molecule has 0 aromatic carbocycles. The van der Waals surface area contributed by atoms with Crippen molar-refractivity contribution in [3.63, 3.8) is 0 Å². The lowest BCUT2D eigenvalue weighted by Crippen LogP contribution is -2.50. The lowest BCUT2D eigenvalue weighted by Gasteiger charge is -2.40. The van der Waals surface area contributed by atoms with E-state index in [1.165, 1.54) is 0 Å². The van der Waals surface area contributed by atoms with Crippen LogP contribution < -0.4 is 5.32 Å². The largest absolute Gasteiger partial charge is 0.384 e. The van der Waals surface area contributed by atoms with E-state index in [1.807, 2.05) is 0 Å². The summed E-state index contributed by atoms with van der Waals surface area (Å²) in [5, 5.41) is 3.33. The molecule has 0 saturated carbocycles. The summed E-state index contributed by atoms with van der Waals surface area (Å²) in [4.78, 5) is 14.7. The van der Waals surface area contributed by atoms with Crippen LogP contribution in [0.1, 0.15) is 32.6 Å². The second-order valence-electron chi connectivity index (χ2n) is 6.00. The van der Waals surface area contributed by atoms with Crippen molar-refractivity contribution in [2.24, 2.45) is 11.3 Å². The Hall–Kier alpha value is -0.610. The van der Waals surface area contributed by atoms with E-state index in [9.17, 15) is 4.79 Å². The molecule has 0 aromatic heterocycles. The van der Waals surface area contributed by atoms with Gasteiger partial charge in [-0.2, -0.15) is 0 Å². The van der Waals surface area contributed by atoms with Gasteiger partial charge in [-0.25, -0.2) is 0 Å². The van der Waals surface area contributed by atoms with E-state index >= 15 is 0 Å². The van der Waals surface area contributed by atoms with Crippen LogP contribution in [-0.2, 0) is 9.53 Å². The number of rotatable bonds is 3. The van der Waals surface area contributed by atoms with E-state index in [1.54, 1.807) is 7.11 Å². The fraction of sp³-hybridized carbons (Fsp3) is 0.929. The van der Waals surface area contributed by atoms with Crippen LogP contribution in [0.2, 0.25) is 0 Å². The van der Waals surface area contributed by atoms with Crippen molar-refractivity contribution in [1.82, 2.24) is 10.2 Å². The van der Waals surface area contributed by atoms with Crippen LogP contribution in [0.5, 0.6) is 0 Å². The summed E-state index contributed by atoms with van der Waals surface area (Å²) in [6.45, 7) is 6.75. The van der Waals surface area contributed by atoms with Gasteiger partial charge in [0.25, 0.3) is 0 Å². The normalized spacial score (nSPS) is 25.1. The molecule has 104 valence electrons. The van der Waals surface area contributed by atoms with Crippen LogP contribution in [0, 0.1) is 11.3 Å². The number of ether oxygens (including phenoxy) is 1. The van der Waals surface area contributed by atoms with Crippen LogP contribution in [-0.4, -0.2) is 50.7 Å². The third kappa shape index (κ3) is 3.04. The van der Waals surface area contributed by atoms with E-state index in [2.05, 4.69) is 17.1 Å². The number of nitrogens with zero attached hydrogens (tertiary/aromatic N) is 1. The Labute approximate surface area is 110 Å². The Morgan fingerprint density at radius 1 is 1.33 bits per heavy atom. The molecule has 18 heavy (non-hydrogen) atoms. The van der Waals surface area contributed by atoms with Crippen molar-refractivity contribution in [1.29, 1.82) is 0 Å². The smallest absolute Gasteiger partial charge is 0.228 e. The molecular weight excluding hydrogens is 228 g/mol. The van der Waals surface area contributed by atoms with Gasteiger partial charge >= 0.3 is 0 Å². The molecule has 1 N–H and O–H groups in total. The SMILES string of the molecule is COCC1CCN(C(=O)C2(C)CCNCC2)CC1. The third-order valence-electron chi connectivity index (χ3n) is 4.53. The maximum atomic E-state index is 12.6. The molecule has 1 amide bonds. The minimum absolute atomic E-state index is 0.126. The molecule has 0 aromatic rings. The number of carbonyl (C=O) groups excluding carboxylic acids is 1. The average molecular weight is 254 g/mol. The maximum absolute atomic E-state index is 12.6. The first-order chi connectivity index (χ1) is 8.65. The summed E-state index contributed by atoms with van der Waals surface area (Å²) in [7, 11) is 1.76. The summed E-state index contributed by atoms with van der Waals surface area (Å²) < 4.78 is 5.20. The van der Waals surface area contributed by atoms with Crippen molar-refractivity contribution in [3.8, 4) is 0 Å². The standard InChI is InChI=1S/C14H26N2O2/c1-14(5-7-15-8-6-14)13(17)16-9-3-12(4-10-16)11-18-2/h12,15H,3-11H2,1-2H3. The minimum atomic E-state index is -0.126. The second-order valence-corrected chi connectivity index (χ2v) is 6.00. The molecule has 2 rings (SSSR count). The molecule has 2 aliphatic rings. The van der Waals surface area contributed by atoms with Gasteiger partial charge in [0, 0.05) is 32.2 Å². The summed E-state index contributed by atoms with van der Waals surface area (Å²) >= 11 is 0. The van der Waals surface area contributed by atoms with E-state index in [-0.39, 0.29) is 5.41 Å². The summed E-state index contributed by atoms with van der Waals surface area (Å²) in [6, 6.07) is 0. The lowest BCUT2D eigenvalue weighted by atomic mass is 9.79. The number of piperidine rings is 2. The molecule has 2 saturated heterocycles. The molecule has 0 aliphatic carbocycles. The quantitative estimate of drug-likeness (QED) is 0.824. The molecule has 0 bridgehead atoms. The number of likely N-dealkylation sites (tertiary alicyclic amines) is 1. The molecule has 0 radical (unpaired) electrons.